The number of hydrogen-bond donors (Lipinski definition) is 3. The standard InChI is InChI=1S/C17H15F4N5O2/c1-2-10-11-5-8(18)3-4-12(11)28-13(10)14(17(19,20)21)26-16(27)25-9-6-23-15(22)24-7-9/h3-7,14H,2H2,1H3,(H2,22,23,24)(H2,25,26,27). The molecule has 3 aromatic rings. The lowest BCUT2D eigenvalue weighted by Crippen LogP contribution is -2.40. The molecule has 0 aliphatic carbocycles. The Morgan fingerprint density at radius 2 is 1.96 bits per heavy atom. The number of carbonyl (C=O) groups excluding carboxylic acids is 1. The Morgan fingerprint density at radius 1 is 1.29 bits per heavy atom. The summed E-state index contributed by atoms with van der Waals surface area (Å²) >= 11 is 0. The molecule has 1 aromatic carbocycles. The van der Waals surface area contributed by atoms with Gasteiger partial charge in [0.05, 0.1) is 18.1 Å². The third-order valence-corrected chi connectivity index (χ3v) is 3.93. The number of halogens is 4. The highest BCUT2D eigenvalue weighted by Crippen LogP contribution is 2.39. The lowest BCUT2D eigenvalue weighted by atomic mass is 10.0. The maximum Gasteiger partial charge on any atom is 0.416 e. The van der Waals surface area contributed by atoms with Crippen LogP contribution in [0.3, 0.4) is 0 Å². The van der Waals surface area contributed by atoms with Crippen molar-refractivity contribution in [3.8, 4) is 0 Å². The van der Waals surface area contributed by atoms with Gasteiger partial charge in [0.2, 0.25) is 5.95 Å². The molecular formula is C17H15F4N5O2. The van der Waals surface area contributed by atoms with Gasteiger partial charge in [-0.25, -0.2) is 19.2 Å². The summed E-state index contributed by atoms with van der Waals surface area (Å²) in [5.41, 5.74) is 5.62. The van der Waals surface area contributed by atoms with E-state index < -0.39 is 29.8 Å². The molecule has 4 N–H and O–H groups in total. The van der Waals surface area contributed by atoms with Gasteiger partial charge in [-0.1, -0.05) is 6.92 Å². The first-order chi connectivity index (χ1) is 13.2. The minimum absolute atomic E-state index is 0.0509. The highest BCUT2D eigenvalue weighted by molar-refractivity contribution is 5.89. The predicted octanol–water partition coefficient (Wildman–Crippen LogP) is 3.93. The summed E-state index contributed by atoms with van der Waals surface area (Å²) in [6.07, 6.45) is -2.42. The van der Waals surface area contributed by atoms with Crippen LogP contribution < -0.4 is 16.4 Å². The van der Waals surface area contributed by atoms with Crippen LogP contribution in [0.15, 0.2) is 35.0 Å². The van der Waals surface area contributed by atoms with E-state index in [2.05, 4.69) is 15.3 Å². The molecule has 0 aliphatic rings. The van der Waals surface area contributed by atoms with Crippen molar-refractivity contribution in [2.24, 2.45) is 0 Å². The number of hydrogen-bond acceptors (Lipinski definition) is 5. The van der Waals surface area contributed by atoms with Crippen molar-refractivity contribution in [2.75, 3.05) is 11.1 Å². The molecule has 2 heterocycles. The molecule has 2 amide bonds. The van der Waals surface area contributed by atoms with Crippen LogP contribution in [0.4, 0.5) is 34.0 Å². The van der Waals surface area contributed by atoms with E-state index in [-0.39, 0.29) is 34.6 Å². The molecule has 3 rings (SSSR count). The van der Waals surface area contributed by atoms with Crippen molar-refractivity contribution in [3.05, 3.63) is 47.7 Å². The SMILES string of the molecule is CCc1c(C(NC(=O)Nc2cnc(N)nc2)C(F)(F)F)oc2ccc(F)cc12. The highest BCUT2D eigenvalue weighted by atomic mass is 19.4. The lowest BCUT2D eigenvalue weighted by Gasteiger charge is -2.21. The predicted molar refractivity (Wildman–Crippen MR) is 92.9 cm³/mol. The van der Waals surface area contributed by atoms with E-state index in [9.17, 15) is 22.4 Å². The topological polar surface area (TPSA) is 106 Å². The zero-order chi connectivity index (χ0) is 20.5. The Morgan fingerprint density at radius 3 is 2.57 bits per heavy atom. The number of nitrogens with one attached hydrogen (secondary N) is 2. The Bertz CT molecular complexity index is 1000. The molecule has 0 spiro atoms. The molecular weight excluding hydrogens is 382 g/mol. The second-order valence-corrected chi connectivity index (χ2v) is 5.84. The minimum Gasteiger partial charge on any atom is -0.458 e. The number of benzene rings is 1. The maximum absolute atomic E-state index is 13.7. The molecule has 0 saturated carbocycles. The molecule has 1 unspecified atom stereocenters. The number of anilines is 2. The number of aryl methyl sites for hydroxylation is 1. The van der Waals surface area contributed by atoms with Gasteiger partial charge < -0.3 is 20.8 Å². The first kappa shape index (κ1) is 19.4. The summed E-state index contributed by atoms with van der Waals surface area (Å²) in [6.45, 7) is 1.61. The smallest absolute Gasteiger partial charge is 0.416 e. The molecule has 1 atom stereocenters. The number of nitrogens with zero attached hydrogens (tertiary/aromatic N) is 2. The van der Waals surface area contributed by atoms with Gasteiger partial charge >= 0.3 is 12.2 Å². The zero-order valence-electron chi connectivity index (χ0n) is 14.5. The average Bonchev–Trinajstić information content (AvgIpc) is 2.97. The molecule has 0 aliphatic heterocycles. The van der Waals surface area contributed by atoms with Crippen molar-refractivity contribution in [2.45, 2.75) is 25.6 Å². The second-order valence-electron chi connectivity index (χ2n) is 5.84. The average molecular weight is 397 g/mol. The second kappa shape index (κ2) is 7.33. The van der Waals surface area contributed by atoms with Crippen LogP contribution >= 0.6 is 0 Å². The fourth-order valence-corrected chi connectivity index (χ4v) is 2.73. The molecule has 7 nitrogen and oxygen atoms in total. The minimum atomic E-state index is -4.86. The third-order valence-electron chi connectivity index (χ3n) is 3.93. The molecule has 11 heteroatoms. The Hall–Kier alpha value is -3.37. The normalized spacial score (nSPS) is 12.8. The van der Waals surface area contributed by atoms with Crippen LogP contribution in [-0.2, 0) is 6.42 Å². The van der Waals surface area contributed by atoms with Crippen LogP contribution in [-0.4, -0.2) is 22.2 Å². The van der Waals surface area contributed by atoms with Gasteiger partial charge in [-0.15, -0.1) is 0 Å². The summed E-state index contributed by atoms with van der Waals surface area (Å²) in [7, 11) is 0. The number of rotatable bonds is 4. The Balaban J connectivity index is 1.93. The molecule has 0 radical (unpaired) electrons. The molecule has 28 heavy (non-hydrogen) atoms. The molecule has 2 aromatic heterocycles. The van der Waals surface area contributed by atoms with Crippen molar-refractivity contribution in [3.63, 3.8) is 0 Å². The van der Waals surface area contributed by atoms with E-state index in [0.29, 0.717) is 0 Å². The maximum atomic E-state index is 13.7. The van der Waals surface area contributed by atoms with Crippen LogP contribution in [0.2, 0.25) is 0 Å². The summed E-state index contributed by atoms with van der Waals surface area (Å²) in [6, 6.07) is -0.164. The van der Waals surface area contributed by atoms with Gasteiger partial charge in [0.25, 0.3) is 0 Å². The first-order valence-corrected chi connectivity index (χ1v) is 8.11. The van der Waals surface area contributed by atoms with E-state index in [1.807, 2.05) is 5.32 Å². The van der Waals surface area contributed by atoms with Crippen LogP contribution in [0.1, 0.15) is 24.3 Å². The first-order valence-electron chi connectivity index (χ1n) is 8.11. The number of nitrogens with two attached hydrogens (primary N) is 1. The van der Waals surface area contributed by atoms with E-state index in [1.54, 1.807) is 6.92 Å². The molecule has 0 bridgehead atoms. The zero-order valence-corrected chi connectivity index (χ0v) is 14.5. The molecule has 0 fully saturated rings. The Kier molecular flexibility index (Phi) is 5.08. The quantitative estimate of drug-likeness (QED) is 0.579. The number of carbonyl (C=O) groups is 1. The number of nitrogen functional groups attached to an aromatic ring is 1. The van der Waals surface area contributed by atoms with Gasteiger partial charge in [-0.3, -0.25) is 0 Å². The monoisotopic (exact) mass is 397 g/mol. The van der Waals surface area contributed by atoms with Gasteiger partial charge in [0.15, 0.2) is 6.04 Å². The summed E-state index contributed by atoms with van der Waals surface area (Å²) in [4.78, 5) is 19.3. The number of amides is 2. The molecule has 0 saturated heterocycles. The van der Waals surface area contributed by atoms with Crippen molar-refractivity contribution < 1.29 is 26.8 Å². The van der Waals surface area contributed by atoms with E-state index in [0.717, 1.165) is 24.5 Å². The van der Waals surface area contributed by atoms with Crippen molar-refractivity contribution in [1.29, 1.82) is 0 Å². The van der Waals surface area contributed by atoms with Gasteiger partial charge in [0.1, 0.15) is 17.2 Å². The Labute approximate surface area is 155 Å². The van der Waals surface area contributed by atoms with Crippen molar-refractivity contribution in [1.82, 2.24) is 15.3 Å². The fraction of sp³-hybridized carbons (Fsp3) is 0.235. The highest BCUT2D eigenvalue weighted by Gasteiger charge is 2.45. The van der Waals surface area contributed by atoms with Crippen LogP contribution in [0.25, 0.3) is 11.0 Å². The third kappa shape index (κ3) is 3.97. The van der Waals surface area contributed by atoms with Crippen LogP contribution in [0.5, 0.6) is 0 Å². The van der Waals surface area contributed by atoms with Gasteiger partial charge in [-0.05, 0) is 24.6 Å². The number of urea groups is 1. The van der Waals surface area contributed by atoms with E-state index in [1.165, 1.54) is 6.07 Å². The van der Waals surface area contributed by atoms with E-state index in [4.69, 9.17) is 10.2 Å². The molecule has 148 valence electrons. The number of furan rings is 1. The largest absolute Gasteiger partial charge is 0.458 e. The lowest BCUT2D eigenvalue weighted by molar-refractivity contribution is -0.158. The number of aromatic nitrogens is 2. The summed E-state index contributed by atoms with van der Waals surface area (Å²) in [5.74, 6) is -1.16. The number of alkyl halides is 3. The van der Waals surface area contributed by atoms with Crippen LogP contribution in [0, 0.1) is 5.82 Å². The van der Waals surface area contributed by atoms with Gasteiger partial charge in [-0.2, -0.15) is 13.2 Å². The number of fused-ring (bicyclic) bond motifs is 1. The fourth-order valence-electron chi connectivity index (χ4n) is 2.73. The van der Waals surface area contributed by atoms with Gasteiger partial charge in [0, 0.05) is 10.9 Å². The summed E-state index contributed by atoms with van der Waals surface area (Å²) < 4.78 is 59.8. The van der Waals surface area contributed by atoms with E-state index >= 15 is 0 Å². The summed E-state index contributed by atoms with van der Waals surface area (Å²) in [5, 5.41) is 4.25. The van der Waals surface area contributed by atoms with Crippen molar-refractivity contribution >= 4 is 28.6 Å².